The fourth-order valence-electron chi connectivity index (χ4n) is 1.93. The van der Waals surface area contributed by atoms with Crippen LogP contribution in [0.1, 0.15) is 25.8 Å². The van der Waals surface area contributed by atoms with Gasteiger partial charge in [0.1, 0.15) is 11.8 Å². The van der Waals surface area contributed by atoms with Gasteiger partial charge in [-0.3, -0.25) is 14.4 Å². The van der Waals surface area contributed by atoms with Crippen molar-refractivity contribution in [1.82, 2.24) is 10.6 Å². The van der Waals surface area contributed by atoms with Gasteiger partial charge in [-0.1, -0.05) is 12.1 Å². The van der Waals surface area contributed by atoms with Crippen LogP contribution in [0.2, 0.25) is 0 Å². The van der Waals surface area contributed by atoms with E-state index in [2.05, 4.69) is 10.6 Å². The van der Waals surface area contributed by atoms with Gasteiger partial charge in [-0.2, -0.15) is 0 Å². The molecule has 0 spiro atoms. The zero-order chi connectivity index (χ0) is 17.9. The summed E-state index contributed by atoms with van der Waals surface area (Å²) in [6, 6.07) is 6.70. The van der Waals surface area contributed by atoms with Crippen LogP contribution in [-0.2, 0) is 25.5 Å². The highest BCUT2D eigenvalue weighted by molar-refractivity contribution is 5.88. The molecule has 132 valence electrons. The molecule has 1 atom stereocenters. The second kappa shape index (κ2) is 10.3. The number of rotatable bonds is 9. The number of hydrogen-bond acceptors (Lipinski definition) is 5. The van der Waals surface area contributed by atoms with E-state index in [1.807, 2.05) is 24.3 Å². The van der Waals surface area contributed by atoms with Crippen molar-refractivity contribution in [2.45, 2.75) is 32.7 Å². The van der Waals surface area contributed by atoms with Crippen molar-refractivity contribution < 1.29 is 23.9 Å². The molecule has 0 aliphatic carbocycles. The number of likely N-dealkylation sites (N-methyl/N-ethyl adjacent to an activating group) is 1. The van der Waals surface area contributed by atoms with Gasteiger partial charge in [0.25, 0.3) is 5.91 Å². The summed E-state index contributed by atoms with van der Waals surface area (Å²) in [5, 5.41) is 5.06. The lowest BCUT2D eigenvalue weighted by atomic mass is 10.1. The van der Waals surface area contributed by atoms with Gasteiger partial charge < -0.3 is 20.1 Å². The number of benzene rings is 1. The van der Waals surface area contributed by atoms with Gasteiger partial charge in [0.15, 0.2) is 6.61 Å². The van der Waals surface area contributed by atoms with Crippen molar-refractivity contribution in [3.8, 4) is 5.75 Å². The first-order valence-electron chi connectivity index (χ1n) is 7.81. The van der Waals surface area contributed by atoms with Crippen LogP contribution in [0, 0.1) is 0 Å². The minimum Gasteiger partial charge on any atom is -0.497 e. The molecule has 0 radical (unpaired) electrons. The molecule has 2 N–H and O–H groups in total. The number of nitrogens with one attached hydrogen (secondary N) is 2. The summed E-state index contributed by atoms with van der Waals surface area (Å²) in [5.74, 6) is -0.505. The summed E-state index contributed by atoms with van der Waals surface area (Å²) in [4.78, 5) is 34.8. The molecule has 0 saturated carbocycles. The van der Waals surface area contributed by atoms with E-state index in [0.717, 1.165) is 11.3 Å². The smallest absolute Gasteiger partial charge is 0.306 e. The largest absolute Gasteiger partial charge is 0.497 e. The first-order chi connectivity index (χ1) is 11.5. The average molecular weight is 336 g/mol. The maximum atomic E-state index is 11.7. The number of carbonyl (C=O) groups excluding carboxylic acids is 3. The van der Waals surface area contributed by atoms with Gasteiger partial charge in [-0.05, 0) is 38.0 Å². The monoisotopic (exact) mass is 336 g/mol. The number of carbonyl (C=O) groups is 3. The van der Waals surface area contributed by atoms with Crippen molar-refractivity contribution in [2.24, 2.45) is 0 Å². The molecule has 0 aromatic heterocycles. The molecule has 1 rings (SSSR count). The van der Waals surface area contributed by atoms with Crippen LogP contribution in [0.4, 0.5) is 0 Å². The molecule has 24 heavy (non-hydrogen) atoms. The highest BCUT2D eigenvalue weighted by atomic mass is 16.5. The zero-order valence-electron chi connectivity index (χ0n) is 14.3. The Bertz CT molecular complexity index is 557. The van der Waals surface area contributed by atoms with E-state index in [-0.39, 0.29) is 12.3 Å². The van der Waals surface area contributed by atoms with Gasteiger partial charge in [0, 0.05) is 13.0 Å². The molecular formula is C17H24N2O5. The lowest BCUT2D eigenvalue weighted by molar-refractivity contribution is -0.148. The molecule has 1 aromatic carbocycles. The summed E-state index contributed by atoms with van der Waals surface area (Å²) < 4.78 is 9.96. The molecule has 0 aliphatic rings. The summed E-state index contributed by atoms with van der Waals surface area (Å²) >= 11 is 0. The Balaban J connectivity index is 2.27. The molecular weight excluding hydrogens is 312 g/mol. The maximum absolute atomic E-state index is 11.7. The SMILES string of the molecule is CCNC(=O)[C@@H](C)NC(=O)COC(=O)CCc1ccc(OC)cc1. The Labute approximate surface area is 141 Å². The summed E-state index contributed by atoms with van der Waals surface area (Å²) in [6.07, 6.45) is 0.686. The summed E-state index contributed by atoms with van der Waals surface area (Å²) in [6.45, 7) is 3.44. The van der Waals surface area contributed by atoms with Crippen LogP contribution in [0.3, 0.4) is 0 Å². The number of methoxy groups -OCH3 is 1. The predicted molar refractivity (Wildman–Crippen MR) is 88.6 cm³/mol. The van der Waals surface area contributed by atoms with E-state index < -0.39 is 24.5 Å². The number of esters is 1. The molecule has 2 amide bonds. The van der Waals surface area contributed by atoms with Crippen LogP contribution < -0.4 is 15.4 Å². The second-order valence-electron chi connectivity index (χ2n) is 5.19. The van der Waals surface area contributed by atoms with Crippen LogP contribution in [0.15, 0.2) is 24.3 Å². The predicted octanol–water partition coefficient (Wildman–Crippen LogP) is 0.812. The topological polar surface area (TPSA) is 93.7 Å². The van der Waals surface area contributed by atoms with E-state index in [9.17, 15) is 14.4 Å². The number of aryl methyl sites for hydroxylation is 1. The Kier molecular flexibility index (Phi) is 8.32. The number of hydrogen-bond donors (Lipinski definition) is 2. The third-order valence-corrected chi connectivity index (χ3v) is 3.26. The molecule has 0 fully saturated rings. The minimum atomic E-state index is -0.671. The maximum Gasteiger partial charge on any atom is 0.306 e. The fraction of sp³-hybridized carbons (Fsp3) is 0.471. The lowest BCUT2D eigenvalue weighted by Gasteiger charge is -2.13. The van der Waals surface area contributed by atoms with Crippen molar-refractivity contribution in [2.75, 3.05) is 20.3 Å². The van der Waals surface area contributed by atoms with Crippen LogP contribution in [-0.4, -0.2) is 44.1 Å². The van der Waals surface area contributed by atoms with Crippen LogP contribution in [0.5, 0.6) is 5.75 Å². The van der Waals surface area contributed by atoms with E-state index in [1.165, 1.54) is 0 Å². The zero-order valence-corrected chi connectivity index (χ0v) is 14.3. The van der Waals surface area contributed by atoms with Gasteiger partial charge in [-0.15, -0.1) is 0 Å². The second-order valence-corrected chi connectivity index (χ2v) is 5.19. The normalized spacial score (nSPS) is 11.3. The van der Waals surface area contributed by atoms with E-state index >= 15 is 0 Å². The molecule has 7 heteroatoms. The Morgan fingerprint density at radius 1 is 1.17 bits per heavy atom. The first kappa shape index (κ1) is 19.5. The van der Waals surface area contributed by atoms with E-state index in [0.29, 0.717) is 13.0 Å². The van der Waals surface area contributed by atoms with Crippen LogP contribution in [0.25, 0.3) is 0 Å². The van der Waals surface area contributed by atoms with Crippen molar-refractivity contribution in [3.05, 3.63) is 29.8 Å². The Morgan fingerprint density at radius 2 is 1.83 bits per heavy atom. The number of ether oxygens (including phenoxy) is 2. The summed E-state index contributed by atoms with van der Waals surface area (Å²) in [7, 11) is 1.59. The quantitative estimate of drug-likeness (QED) is 0.651. The van der Waals surface area contributed by atoms with Crippen molar-refractivity contribution >= 4 is 17.8 Å². The minimum absolute atomic E-state index is 0.172. The van der Waals surface area contributed by atoms with Crippen LogP contribution >= 0.6 is 0 Å². The molecule has 0 unspecified atom stereocenters. The third-order valence-electron chi connectivity index (χ3n) is 3.26. The van der Waals surface area contributed by atoms with Gasteiger partial charge in [0.05, 0.1) is 7.11 Å². The first-order valence-corrected chi connectivity index (χ1v) is 7.81. The molecule has 1 aromatic rings. The van der Waals surface area contributed by atoms with Crippen molar-refractivity contribution in [1.29, 1.82) is 0 Å². The molecule has 0 heterocycles. The number of amides is 2. The van der Waals surface area contributed by atoms with Gasteiger partial charge in [0.2, 0.25) is 5.91 Å². The van der Waals surface area contributed by atoms with Gasteiger partial charge in [-0.25, -0.2) is 0 Å². The molecule has 7 nitrogen and oxygen atoms in total. The lowest BCUT2D eigenvalue weighted by Crippen LogP contribution is -2.46. The Morgan fingerprint density at radius 3 is 2.42 bits per heavy atom. The van der Waals surface area contributed by atoms with E-state index in [4.69, 9.17) is 9.47 Å². The Hall–Kier alpha value is -2.57. The molecule has 0 bridgehead atoms. The summed E-state index contributed by atoms with van der Waals surface area (Å²) in [5.41, 5.74) is 0.974. The molecule has 0 aliphatic heterocycles. The third kappa shape index (κ3) is 7.13. The fourth-order valence-corrected chi connectivity index (χ4v) is 1.93. The average Bonchev–Trinajstić information content (AvgIpc) is 2.58. The molecule has 0 saturated heterocycles. The highest BCUT2D eigenvalue weighted by Crippen LogP contribution is 2.12. The highest BCUT2D eigenvalue weighted by Gasteiger charge is 2.15. The van der Waals surface area contributed by atoms with Gasteiger partial charge >= 0.3 is 5.97 Å². The van der Waals surface area contributed by atoms with Crippen molar-refractivity contribution in [3.63, 3.8) is 0 Å². The van der Waals surface area contributed by atoms with E-state index in [1.54, 1.807) is 21.0 Å². The standard InChI is InChI=1S/C17H24N2O5/c1-4-18-17(22)12(2)19-15(20)11-24-16(21)10-7-13-5-8-14(23-3)9-6-13/h5-6,8-9,12H,4,7,10-11H2,1-3H3,(H,18,22)(H,19,20)/t12-/m1/s1.